The molecule has 0 aliphatic heterocycles. The lowest BCUT2D eigenvalue weighted by molar-refractivity contribution is 0.104. The summed E-state index contributed by atoms with van der Waals surface area (Å²) in [5, 5.41) is 0. The molecule has 0 unspecified atom stereocenters. The average molecular weight is 196 g/mol. The first-order valence-corrected chi connectivity index (χ1v) is 4.47. The quantitative estimate of drug-likeness (QED) is 0.556. The van der Waals surface area contributed by atoms with Gasteiger partial charge in [-0.05, 0) is 18.1 Å². The molecule has 0 aliphatic carbocycles. The normalized spacial score (nSPS) is 9.07. The zero-order valence-corrected chi connectivity index (χ0v) is 7.90. The summed E-state index contributed by atoms with van der Waals surface area (Å²) in [4.78, 5) is 17.9. The molecule has 1 aromatic heterocycles. The fourth-order valence-corrected chi connectivity index (χ4v) is 1.10. The van der Waals surface area contributed by atoms with Crippen molar-refractivity contribution < 1.29 is 4.79 Å². The molecule has 0 amide bonds. The van der Waals surface area contributed by atoms with E-state index in [-0.39, 0.29) is 11.6 Å². The van der Waals surface area contributed by atoms with Gasteiger partial charge in [-0.2, -0.15) is 0 Å². The second kappa shape index (κ2) is 4.25. The van der Waals surface area contributed by atoms with Crippen LogP contribution in [0.4, 0.5) is 0 Å². The number of aromatic amines is 1. The summed E-state index contributed by atoms with van der Waals surface area (Å²) >= 11 is 0. The molecule has 0 radical (unpaired) electrons. The van der Waals surface area contributed by atoms with E-state index in [4.69, 9.17) is 0 Å². The minimum atomic E-state index is -0.302. The van der Waals surface area contributed by atoms with E-state index in [0.29, 0.717) is 0 Å². The monoisotopic (exact) mass is 196 g/mol. The summed E-state index contributed by atoms with van der Waals surface area (Å²) in [6.45, 7) is 0. The number of aromatic nitrogens is 2. The largest absolute Gasteiger partial charge is 0.341 e. The number of carbonyl (C=O) groups is 1. The van der Waals surface area contributed by atoms with Crippen LogP contribution >= 0.6 is 0 Å². The summed E-state index contributed by atoms with van der Waals surface area (Å²) in [5.41, 5.74) is 0.817. The minimum Gasteiger partial charge on any atom is -0.341 e. The molecule has 1 heterocycles. The molecule has 1 aromatic carbocycles. The number of benzene rings is 1. The maximum absolute atomic E-state index is 11.4. The predicted octanol–water partition coefficient (Wildman–Crippen LogP) is 1.64. The highest BCUT2D eigenvalue weighted by Gasteiger charge is 2.02. The van der Waals surface area contributed by atoms with Crippen LogP contribution in [0.25, 0.3) is 0 Å². The average Bonchev–Trinajstić information content (AvgIpc) is 2.81. The van der Waals surface area contributed by atoms with Gasteiger partial charge >= 0.3 is 0 Å². The van der Waals surface area contributed by atoms with Crippen molar-refractivity contribution in [3.63, 3.8) is 0 Å². The Morgan fingerprint density at radius 3 is 2.73 bits per heavy atom. The van der Waals surface area contributed by atoms with Crippen molar-refractivity contribution in [1.29, 1.82) is 0 Å². The molecule has 0 saturated heterocycles. The summed E-state index contributed by atoms with van der Waals surface area (Å²) in [6.07, 6.45) is 3.12. The number of nitrogens with one attached hydrogen (secondary N) is 1. The van der Waals surface area contributed by atoms with Crippen LogP contribution in [0.2, 0.25) is 0 Å². The van der Waals surface area contributed by atoms with E-state index in [1.165, 1.54) is 6.20 Å². The van der Waals surface area contributed by atoms with Gasteiger partial charge in [0, 0.05) is 18.0 Å². The number of imidazole rings is 1. The fraction of sp³-hybridized carbons (Fsp3) is 0. The lowest BCUT2D eigenvalue weighted by Crippen LogP contribution is -1.97. The van der Waals surface area contributed by atoms with Crippen molar-refractivity contribution in [2.24, 2.45) is 0 Å². The maximum atomic E-state index is 11.4. The second-order valence-electron chi connectivity index (χ2n) is 2.88. The standard InChI is InChI=1S/C12H8N2O/c15-11(12-13-8-9-14-12)7-6-10-4-2-1-3-5-10/h1-5,8-9H,(H,13,14). The second-order valence-corrected chi connectivity index (χ2v) is 2.88. The van der Waals surface area contributed by atoms with Crippen LogP contribution in [-0.4, -0.2) is 15.8 Å². The first-order valence-electron chi connectivity index (χ1n) is 4.47. The molecule has 0 aliphatic rings. The summed E-state index contributed by atoms with van der Waals surface area (Å²) in [7, 11) is 0. The van der Waals surface area contributed by atoms with Gasteiger partial charge in [-0.3, -0.25) is 4.79 Å². The van der Waals surface area contributed by atoms with Gasteiger partial charge in [0.05, 0.1) is 0 Å². The molecular formula is C12H8N2O. The number of ketones is 1. The van der Waals surface area contributed by atoms with Gasteiger partial charge in [-0.25, -0.2) is 4.98 Å². The number of H-pyrrole nitrogens is 1. The van der Waals surface area contributed by atoms with Gasteiger partial charge in [0.25, 0.3) is 5.78 Å². The Morgan fingerprint density at radius 1 is 1.27 bits per heavy atom. The minimum absolute atomic E-state index is 0.276. The third-order valence-corrected chi connectivity index (χ3v) is 1.81. The molecule has 72 valence electrons. The van der Waals surface area contributed by atoms with E-state index in [1.54, 1.807) is 6.20 Å². The number of Topliss-reactive ketones (excluding diaryl/α,β-unsaturated/α-hetero) is 1. The molecule has 2 rings (SSSR count). The third-order valence-electron chi connectivity index (χ3n) is 1.81. The highest BCUT2D eigenvalue weighted by Crippen LogP contribution is 1.95. The smallest absolute Gasteiger partial charge is 0.271 e. The molecule has 0 atom stereocenters. The van der Waals surface area contributed by atoms with Gasteiger partial charge in [-0.1, -0.05) is 24.1 Å². The van der Waals surface area contributed by atoms with Crippen molar-refractivity contribution in [1.82, 2.24) is 9.97 Å². The number of hydrogen-bond acceptors (Lipinski definition) is 2. The van der Waals surface area contributed by atoms with Gasteiger partial charge in [-0.15, -0.1) is 0 Å². The topological polar surface area (TPSA) is 45.8 Å². The summed E-state index contributed by atoms with van der Waals surface area (Å²) in [5.74, 6) is 5.27. The number of rotatable bonds is 1. The molecule has 15 heavy (non-hydrogen) atoms. The van der Waals surface area contributed by atoms with Gasteiger partial charge < -0.3 is 4.98 Å². The lowest BCUT2D eigenvalue weighted by Gasteiger charge is -1.86. The van der Waals surface area contributed by atoms with Crippen LogP contribution in [0.5, 0.6) is 0 Å². The fourth-order valence-electron chi connectivity index (χ4n) is 1.10. The number of hydrogen-bond donors (Lipinski definition) is 1. The summed E-state index contributed by atoms with van der Waals surface area (Å²) < 4.78 is 0. The van der Waals surface area contributed by atoms with Gasteiger partial charge in [0.15, 0.2) is 5.82 Å². The van der Waals surface area contributed by atoms with Crippen LogP contribution < -0.4 is 0 Å². The molecule has 0 fully saturated rings. The number of nitrogens with zero attached hydrogens (tertiary/aromatic N) is 1. The highest BCUT2D eigenvalue weighted by atomic mass is 16.1. The predicted molar refractivity (Wildman–Crippen MR) is 56.2 cm³/mol. The maximum Gasteiger partial charge on any atom is 0.271 e. The summed E-state index contributed by atoms with van der Waals surface area (Å²) in [6, 6.07) is 9.35. The van der Waals surface area contributed by atoms with E-state index in [9.17, 15) is 4.79 Å². The first kappa shape index (κ1) is 9.22. The zero-order chi connectivity index (χ0) is 10.5. The third kappa shape index (κ3) is 2.32. The Balaban J connectivity index is 2.17. The van der Waals surface area contributed by atoms with Crippen LogP contribution in [0.3, 0.4) is 0 Å². The van der Waals surface area contributed by atoms with E-state index in [1.807, 2.05) is 30.3 Å². The van der Waals surface area contributed by atoms with Gasteiger partial charge in [0.2, 0.25) is 0 Å². The van der Waals surface area contributed by atoms with Crippen LogP contribution in [0.1, 0.15) is 16.2 Å². The molecule has 0 spiro atoms. The molecule has 3 nitrogen and oxygen atoms in total. The van der Waals surface area contributed by atoms with E-state index in [2.05, 4.69) is 21.8 Å². The Kier molecular flexibility index (Phi) is 2.61. The Labute approximate surface area is 87.2 Å². The molecule has 2 aromatic rings. The Hall–Kier alpha value is -2.34. The molecule has 0 saturated carbocycles. The van der Waals surface area contributed by atoms with E-state index >= 15 is 0 Å². The van der Waals surface area contributed by atoms with E-state index < -0.39 is 0 Å². The molecule has 0 bridgehead atoms. The van der Waals surface area contributed by atoms with Crippen molar-refractivity contribution in [2.45, 2.75) is 0 Å². The highest BCUT2D eigenvalue weighted by molar-refractivity contribution is 6.06. The van der Waals surface area contributed by atoms with Crippen molar-refractivity contribution in [3.05, 3.63) is 54.1 Å². The number of carbonyl (C=O) groups excluding carboxylic acids is 1. The van der Waals surface area contributed by atoms with Crippen LogP contribution in [-0.2, 0) is 0 Å². The first-order chi connectivity index (χ1) is 7.36. The van der Waals surface area contributed by atoms with E-state index in [0.717, 1.165) is 5.56 Å². The zero-order valence-electron chi connectivity index (χ0n) is 7.90. The molecule has 1 N–H and O–H groups in total. The van der Waals surface area contributed by atoms with Gasteiger partial charge in [0.1, 0.15) is 0 Å². The van der Waals surface area contributed by atoms with Crippen molar-refractivity contribution in [2.75, 3.05) is 0 Å². The van der Waals surface area contributed by atoms with Crippen LogP contribution in [0.15, 0.2) is 42.7 Å². The molecular weight excluding hydrogens is 188 g/mol. The SMILES string of the molecule is O=C(C#Cc1ccccc1)c1ncc[nH]1. The Morgan fingerprint density at radius 2 is 2.07 bits per heavy atom. The lowest BCUT2D eigenvalue weighted by atomic mass is 10.2. The van der Waals surface area contributed by atoms with Crippen molar-refractivity contribution >= 4 is 5.78 Å². The van der Waals surface area contributed by atoms with Crippen molar-refractivity contribution in [3.8, 4) is 11.8 Å². The molecule has 3 heteroatoms. The van der Waals surface area contributed by atoms with Crippen LogP contribution in [0, 0.1) is 11.8 Å². The Bertz CT molecular complexity index is 504.